The summed E-state index contributed by atoms with van der Waals surface area (Å²) in [4.78, 5) is 13.9. The summed E-state index contributed by atoms with van der Waals surface area (Å²) in [6.07, 6.45) is 4.37. The molecule has 0 saturated heterocycles. The summed E-state index contributed by atoms with van der Waals surface area (Å²) in [5.74, 6) is 0.293. The number of benzene rings is 1. The molecule has 0 amide bonds. The molecule has 1 aromatic carbocycles. The van der Waals surface area contributed by atoms with Crippen LogP contribution in [0.4, 0.5) is 0 Å². The van der Waals surface area contributed by atoms with Gasteiger partial charge >= 0.3 is 5.97 Å². The third kappa shape index (κ3) is 4.11. The van der Waals surface area contributed by atoms with E-state index in [2.05, 4.69) is 45.0 Å². The van der Waals surface area contributed by atoms with Crippen molar-refractivity contribution in [3.05, 3.63) is 52.4 Å². The molecule has 2 rings (SSSR count). The molecule has 0 aliphatic carbocycles. The fraction of sp³-hybridized carbons (Fsp3) is 0.350. The minimum Gasteiger partial charge on any atom is -0.465 e. The van der Waals surface area contributed by atoms with Gasteiger partial charge in [-0.1, -0.05) is 55.8 Å². The van der Waals surface area contributed by atoms with Gasteiger partial charge in [-0.05, 0) is 37.3 Å². The summed E-state index contributed by atoms with van der Waals surface area (Å²) in [5, 5.41) is 0. The monoisotopic (exact) mass is 328 g/mol. The van der Waals surface area contributed by atoms with Gasteiger partial charge < -0.3 is 4.74 Å². The van der Waals surface area contributed by atoms with Gasteiger partial charge in [-0.15, -0.1) is 11.3 Å². The van der Waals surface area contributed by atoms with Crippen LogP contribution < -0.4 is 0 Å². The molecular weight excluding hydrogens is 304 g/mol. The lowest BCUT2D eigenvalue weighted by Gasteiger charge is -2.12. The Labute approximate surface area is 142 Å². The normalized spacial score (nSPS) is 11.8. The zero-order chi connectivity index (χ0) is 16.8. The third-order valence-corrected chi connectivity index (χ3v) is 5.38. The van der Waals surface area contributed by atoms with Gasteiger partial charge in [0.1, 0.15) is 4.88 Å². The summed E-state index contributed by atoms with van der Waals surface area (Å²) in [6.45, 7) is 6.56. The maximum absolute atomic E-state index is 12.1. The van der Waals surface area contributed by atoms with Gasteiger partial charge in [0.2, 0.25) is 0 Å². The quantitative estimate of drug-likeness (QED) is 0.604. The molecule has 2 nitrogen and oxygen atoms in total. The van der Waals surface area contributed by atoms with Crippen LogP contribution in [-0.2, 0) is 4.74 Å². The molecule has 2 aromatic rings. The van der Waals surface area contributed by atoms with E-state index in [9.17, 15) is 4.79 Å². The predicted molar refractivity (Wildman–Crippen MR) is 98.8 cm³/mol. The van der Waals surface area contributed by atoms with Gasteiger partial charge in [0.05, 0.1) is 7.11 Å². The van der Waals surface area contributed by atoms with E-state index in [-0.39, 0.29) is 5.97 Å². The lowest BCUT2D eigenvalue weighted by Crippen LogP contribution is -2.01. The standard InChI is InChI=1S/C20H24O2S/c1-5-15(6-2)14(3)12-17-13-18(16-10-8-7-9-11-16)23-19(17)20(21)22-4/h7-13,15H,5-6H2,1-4H3/b14-12-. The highest BCUT2D eigenvalue weighted by Crippen LogP contribution is 2.34. The number of hydrogen-bond acceptors (Lipinski definition) is 3. The van der Waals surface area contributed by atoms with Gasteiger partial charge in [0.15, 0.2) is 0 Å². The third-order valence-electron chi connectivity index (χ3n) is 4.20. The van der Waals surface area contributed by atoms with Crippen LogP contribution in [0.15, 0.2) is 42.0 Å². The molecule has 1 heterocycles. The van der Waals surface area contributed by atoms with Crippen molar-refractivity contribution >= 4 is 23.4 Å². The smallest absolute Gasteiger partial charge is 0.348 e. The second-order valence-electron chi connectivity index (χ2n) is 5.65. The first kappa shape index (κ1) is 17.5. The molecule has 0 unspecified atom stereocenters. The van der Waals surface area contributed by atoms with E-state index < -0.39 is 0 Å². The van der Waals surface area contributed by atoms with E-state index in [0.29, 0.717) is 10.8 Å². The van der Waals surface area contributed by atoms with Crippen molar-refractivity contribution in [2.75, 3.05) is 7.11 Å². The van der Waals surface area contributed by atoms with Crippen molar-refractivity contribution < 1.29 is 9.53 Å². The number of allylic oxidation sites excluding steroid dienone is 1. The van der Waals surface area contributed by atoms with Crippen LogP contribution in [0.5, 0.6) is 0 Å². The van der Waals surface area contributed by atoms with E-state index in [4.69, 9.17) is 4.74 Å². The topological polar surface area (TPSA) is 26.3 Å². The number of hydrogen-bond donors (Lipinski definition) is 0. The van der Waals surface area contributed by atoms with Crippen LogP contribution >= 0.6 is 11.3 Å². The van der Waals surface area contributed by atoms with E-state index in [1.165, 1.54) is 24.0 Å². The van der Waals surface area contributed by atoms with Crippen molar-refractivity contribution in [1.29, 1.82) is 0 Å². The van der Waals surface area contributed by atoms with Crippen molar-refractivity contribution in [2.24, 2.45) is 5.92 Å². The predicted octanol–water partition coefficient (Wildman–Crippen LogP) is 6.04. The second-order valence-corrected chi connectivity index (χ2v) is 6.71. The van der Waals surface area contributed by atoms with Crippen molar-refractivity contribution in [1.82, 2.24) is 0 Å². The zero-order valence-corrected chi connectivity index (χ0v) is 15.1. The van der Waals surface area contributed by atoms with Gasteiger partial charge in [-0.3, -0.25) is 0 Å². The highest BCUT2D eigenvalue weighted by Gasteiger charge is 2.17. The average Bonchev–Trinajstić information content (AvgIpc) is 3.00. The molecule has 23 heavy (non-hydrogen) atoms. The Balaban J connectivity index is 2.47. The molecule has 0 N–H and O–H groups in total. The molecule has 1 aromatic heterocycles. The summed E-state index contributed by atoms with van der Waals surface area (Å²) in [6, 6.07) is 12.2. The summed E-state index contributed by atoms with van der Waals surface area (Å²) < 4.78 is 4.96. The van der Waals surface area contributed by atoms with Crippen molar-refractivity contribution in [3.8, 4) is 10.4 Å². The molecular formula is C20H24O2S. The van der Waals surface area contributed by atoms with E-state index in [1.807, 2.05) is 18.2 Å². The van der Waals surface area contributed by atoms with Gasteiger partial charge in [0, 0.05) is 10.4 Å². The van der Waals surface area contributed by atoms with E-state index in [1.54, 1.807) is 0 Å². The summed E-state index contributed by atoms with van der Waals surface area (Å²) in [5.41, 5.74) is 3.41. The second kappa shape index (κ2) is 8.11. The molecule has 0 fully saturated rings. The van der Waals surface area contributed by atoms with Crippen LogP contribution in [-0.4, -0.2) is 13.1 Å². The lowest BCUT2D eigenvalue weighted by molar-refractivity contribution is 0.0606. The molecule has 0 aliphatic rings. The number of esters is 1. The first-order chi connectivity index (χ1) is 11.1. The molecule has 0 aliphatic heterocycles. The minimum atomic E-state index is -0.263. The highest BCUT2D eigenvalue weighted by atomic mass is 32.1. The van der Waals surface area contributed by atoms with Crippen LogP contribution in [0.3, 0.4) is 0 Å². The van der Waals surface area contributed by atoms with Gasteiger partial charge in [-0.2, -0.15) is 0 Å². The SMILES string of the molecule is CCC(CC)/C(C)=C\c1cc(-c2ccccc2)sc1C(=O)OC. The molecule has 0 bridgehead atoms. The van der Waals surface area contributed by atoms with Crippen LogP contribution in [0.1, 0.15) is 48.8 Å². The Hall–Kier alpha value is -1.87. The number of ether oxygens (including phenoxy) is 1. The molecule has 0 atom stereocenters. The first-order valence-electron chi connectivity index (χ1n) is 8.06. The Kier molecular flexibility index (Phi) is 6.17. The Morgan fingerprint density at radius 1 is 1.22 bits per heavy atom. The van der Waals surface area contributed by atoms with Crippen LogP contribution in [0, 0.1) is 5.92 Å². The Bertz CT molecular complexity index is 679. The summed E-state index contributed by atoms with van der Waals surface area (Å²) in [7, 11) is 1.44. The van der Waals surface area contributed by atoms with Crippen LogP contribution in [0.2, 0.25) is 0 Å². The molecule has 0 radical (unpaired) electrons. The molecule has 0 spiro atoms. The average molecular weight is 328 g/mol. The molecule has 3 heteroatoms. The van der Waals surface area contributed by atoms with Gasteiger partial charge in [-0.25, -0.2) is 4.79 Å². The fourth-order valence-electron chi connectivity index (χ4n) is 2.80. The molecule has 122 valence electrons. The number of carbonyl (C=O) groups excluding carboxylic acids is 1. The number of rotatable bonds is 6. The Morgan fingerprint density at radius 2 is 1.87 bits per heavy atom. The van der Waals surface area contributed by atoms with Crippen molar-refractivity contribution in [3.63, 3.8) is 0 Å². The lowest BCUT2D eigenvalue weighted by atomic mass is 9.93. The number of methoxy groups -OCH3 is 1. The highest BCUT2D eigenvalue weighted by molar-refractivity contribution is 7.17. The van der Waals surface area contributed by atoms with Crippen molar-refractivity contribution in [2.45, 2.75) is 33.6 Å². The zero-order valence-electron chi connectivity index (χ0n) is 14.3. The largest absolute Gasteiger partial charge is 0.465 e. The fourth-order valence-corrected chi connectivity index (χ4v) is 3.87. The van der Waals surface area contributed by atoms with E-state index in [0.717, 1.165) is 28.8 Å². The van der Waals surface area contributed by atoms with E-state index >= 15 is 0 Å². The van der Waals surface area contributed by atoms with Crippen LogP contribution in [0.25, 0.3) is 16.5 Å². The van der Waals surface area contributed by atoms with Gasteiger partial charge in [0.25, 0.3) is 0 Å². The minimum absolute atomic E-state index is 0.263. The maximum Gasteiger partial charge on any atom is 0.348 e. The maximum atomic E-state index is 12.1. The first-order valence-corrected chi connectivity index (χ1v) is 8.88. The Morgan fingerprint density at radius 3 is 2.43 bits per heavy atom. The number of thiophene rings is 1. The number of carbonyl (C=O) groups is 1. The summed E-state index contributed by atoms with van der Waals surface area (Å²) >= 11 is 1.50. The molecule has 0 saturated carbocycles.